The zero-order chi connectivity index (χ0) is 9.56. The molecule has 0 aliphatic carbocycles. The first-order valence-corrected chi connectivity index (χ1v) is 3.65. The molecule has 0 heterocycles. The lowest BCUT2D eigenvalue weighted by atomic mass is 10.4. The number of likely N-dealkylation sites (N-methyl/N-ethyl adjacent to an activating group) is 1. The number of esters is 1. The molecule has 0 radical (unpaired) electrons. The Bertz CT molecular complexity index is 189. The molecule has 4 nitrogen and oxygen atoms in total. The monoisotopic (exact) mass is 171 g/mol. The van der Waals surface area contributed by atoms with Gasteiger partial charge in [0, 0.05) is 13.1 Å². The minimum Gasteiger partial charge on any atom is -0.462 e. The standard InChI is InChI=1S/C8H13NO3/c1-4-6-9(5-2)7(10)8(11)12-3/h4H,1,5-6H2,2-3H3. The molecule has 0 bridgehead atoms. The van der Waals surface area contributed by atoms with Crippen molar-refractivity contribution in [2.24, 2.45) is 0 Å². The van der Waals surface area contributed by atoms with Crippen LogP contribution in [0.5, 0.6) is 0 Å². The molecule has 0 atom stereocenters. The van der Waals surface area contributed by atoms with Crippen LogP contribution in [0.3, 0.4) is 0 Å². The van der Waals surface area contributed by atoms with Crippen LogP contribution in [-0.2, 0) is 14.3 Å². The molecule has 0 spiro atoms. The summed E-state index contributed by atoms with van der Waals surface area (Å²) >= 11 is 0. The molecular formula is C8H13NO3. The molecule has 0 saturated carbocycles. The number of methoxy groups -OCH3 is 1. The normalized spacial score (nSPS) is 8.83. The van der Waals surface area contributed by atoms with Gasteiger partial charge in [0.2, 0.25) is 0 Å². The molecule has 0 fully saturated rings. The summed E-state index contributed by atoms with van der Waals surface area (Å²) in [6, 6.07) is 0. The molecule has 68 valence electrons. The molecule has 0 saturated heterocycles. The van der Waals surface area contributed by atoms with E-state index in [0.717, 1.165) is 0 Å². The van der Waals surface area contributed by atoms with Crippen molar-refractivity contribution in [3.8, 4) is 0 Å². The maximum absolute atomic E-state index is 11.1. The topological polar surface area (TPSA) is 46.6 Å². The summed E-state index contributed by atoms with van der Waals surface area (Å²) in [5.41, 5.74) is 0. The van der Waals surface area contributed by atoms with E-state index in [1.54, 1.807) is 13.0 Å². The van der Waals surface area contributed by atoms with Gasteiger partial charge in [0.25, 0.3) is 0 Å². The summed E-state index contributed by atoms with van der Waals surface area (Å²) in [5.74, 6) is -1.46. The fourth-order valence-electron chi connectivity index (χ4n) is 0.728. The fraction of sp³-hybridized carbons (Fsp3) is 0.500. The number of ether oxygens (including phenoxy) is 1. The van der Waals surface area contributed by atoms with Gasteiger partial charge >= 0.3 is 11.9 Å². The van der Waals surface area contributed by atoms with E-state index in [2.05, 4.69) is 11.3 Å². The molecule has 0 aromatic carbocycles. The maximum Gasteiger partial charge on any atom is 0.396 e. The average molecular weight is 171 g/mol. The number of carbonyl (C=O) groups excluding carboxylic acids is 2. The number of amides is 1. The van der Waals surface area contributed by atoms with Crippen LogP contribution in [0.4, 0.5) is 0 Å². The minimum absolute atomic E-state index is 0.366. The molecule has 0 aromatic rings. The lowest BCUT2D eigenvalue weighted by Gasteiger charge is -2.16. The van der Waals surface area contributed by atoms with Crippen molar-refractivity contribution >= 4 is 11.9 Å². The highest BCUT2D eigenvalue weighted by atomic mass is 16.5. The molecule has 0 aliphatic heterocycles. The maximum atomic E-state index is 11.1. The second-order valence-electron chi connectivity index (χ2n) is 2.12. The zero-order valence-electron chi connectivity index (χ0n) is 7.37. The number of rotatable bonds is 3. The van der Waals surface area contributed by atoms with Crippen LogP contribution in [0.25, 0.3) is 0 Å². The zero-order valence-corrected chi connectivity index (χ0v) is 7.37. The number of carbonyl (C=O) groups is 2. The number of nitrogens with zero attached hydrogens (tertiary/aromatic N) is 1. The molecular weight excluding hydrogens is 158 g/mol. The van der Waals surface area contributed by atoms with Crippen LogP contribution < -0.4 is 0 Å². The van der Waals surface area contributed by atoms with Crippen molar-refractivity contribution in [3.05, 3.63) is 12.7 Å². The van der Waals surface area contributed by atoms with Gasteiger partial charge < -0.3 is 9.64 Å². The lowest BCUT2D eigenvalue weighted by molar-refractivity contribution is -0.157. The van der Waals surface area contributed by atoms with Gasteiger partial charge in [0.15, 0.2) is 0 Å². The van der Waals surface area contributed by atoms with Crippen molar-refractivity contribution in [3.63, 3.8) is 0 Å². The Morgan fingerprint density at radius 3 is 2.50 bits per heavy atom. The average Bonchev–Trinajstić information content (AvgIpc) is 2.11. The van der Waals surface area contributed by atoms with Crippen LogP contribution >= 0.6 is 0 Å². The second kappa shape index (κ2) is 5.35. The summed E-state index contributed by atoms with van der Waals surface area (Å²) in [5, 5.41) is 0. The van der Waals surface area contributed by atoms with Gasteiger partial charge in [0.1, 0.15) is 0 Å². The molecule has 1 amide bonds. The Balaban J connectivity index is 4.20. The highest BCUT2D eigenvalue weighted by Gasteiger charge is 2.19. The third kappa shape index (κ3) is 2.74. The van der Waals surface area contributed by atoms with E-state index >= 15 is 0 Å². The summed E-state index contributed by atoms with van der Waals surface area (Å²) in [6.45, 7) is 6.09. The molecule has 0 unspecified atom stereocenters. The van der Waals surface area contributed by atoms with Gasteiger partial charge in [0.05, 0.1) is 7.11 Å². The van der Waals surface area contributed by atoms with Crippen LogP contribution in [0, 0.1) is 0 Å². The first-order valence-electron chi connectivity index (χ1n) is 3.65. The Labute approximate surface area is 71.8 Å². The quantitative estimate of drug-likeness (QED) is 0.346. The predicted octanol–water partition coefficient (Wildman–Crippen LogP) is 0.194. The SMILES string of the molecule is C=CCN(CC)C(=O)C(=O)OC. The van der Waals surface area contributed by atoms with Crippen LogP contribution in [-0.4, -0.2) is 37.0 Å². The molecule has 0 aliphatic rings. The van der Waals surface area contributed by atoms with Gasteiger partial charge in [-0.1, -0.05) is 6.08 Å². The minimum atomic E-state index is -0.835. The van der Waals surface area contributed by atoms with Crippen molar-refractivity contribution in [1.82, 2.24) is 4.90 Å². The van der Waals surface area contributed by atoms with E-state index in [1.807, 2.05) is 0 Å². The van der Waals surface area contributed by atoms with Gasteiger partial charge in [-0.3, -0.25) is 4.79 Å². The summed E-state index contributed by atoms with van der Waals surface area (Å²) in [6.07, 6.45) is 1.56. The summed E-state index contributed by atoms with van der Waals surface area (Å²) in [7, 11) is 1.18. The van der Waals surface area contributed by atoms with Crippen molar-refractivity contribution in [2.75, 3.05) is 20.2 Å². The molecule has 4 heteroatoms. The van der Waals surface area contributed by atoms with Crippen molar-refractivity contribution < 1.29 is 14.3 Å². The molecule has 0 aromatic heterocycles. The third-order valence-corrected chi connectivity index (χ3v) is 1.38. The van der Waals surface area contributed by atoms with Crippen LogP contribution in [0.1, 0.15) is 6.92 Å². The van der Waals surface area contributed by atoms with Crippen LogP contribution in [0.15, 0.2) is 12.7 Å². The van der Waals surface area contributed by atoms with E-state index in [4.69, 9.17) is 0 Å². The van der Waals surface area contributed by atoms with Gasteiger partial charge in [-0.2, -0.15) is 0 Å². The van der Waals surface area contributed by atoms with E-state index in [-0.39, 0.29) is 0 Å². The highest BCUT2D eigenvalue weighted by Crippen LogP contribution is 1.91. The number of hydrogen-bond donors (Lipinski definition) is 0. The Morgan fingerprint density at radius 1 is 1.58 bits per heavy atom. The second-order valence-corrected chi connectivity index (χ2v) is 2.12. The van der Waals surface area contributed by atoms with E-state index in [9.17, 15) is 9.59 Å². The molecule has 12 heavy (non-hydrogen) atoms. The molecule has 0 N–H and O–H groups in total. The predicted molar refractivity (Wildman–Crippen MR) is 44.5 cm³/mol. The van der Waals surface area contributed by atoms with E-state index in [1.165, 1.54) is 12.0 Å². The molecule has 0 rings (SSSR count). The fourth-order valence-corrected chi connectivity index (χ4v) is 0.728. The Hall–Kier alpha value is -1.32. The van der Waals surface area contributed by atoms with E-state index < -0.39 is 11.9 Å². The van der Waals surface area contributed by atoms with E-state index in [0.29, 0.717) is 13.1 Å². The third-order valence-electron chi connectivity index (χ3n) is 1.38. The van der Waals surface area contributed by atoms with Crippen molar-refractivity contribution in [2.45, 2.75) is 6.92 Å². The van der Waals surface area contributed by atoms with Gasteiger partial charge in [-0.05, 0) is 6.92 Å². The number of hydrogen-bond acceptors (Lipinski definition) is 3. The van der Waals surface area contributed by atoms with Crippen LogP contribution in [0.2, 0.25) is 0 Å². The Kier molecular flexibility index (Phi) is 4.76. The largest absolute Gasteiger partial charge is 0.462 e. The van der Waals surface area contributed by atoms with Gasteiger partial charge in [-0.15, -0.1) is 6.58 Å². The highest BCUT2D eigenvalue weighted by molar-refractivity contribution is 6.32. The Morgan fingerprint density at radius 2 is 2.17 bits per heavy atom. The first kappa shape index (κ1) is 10.7. The summed E-state index contributed by atoms with van der Waals surface area (Å²) < 4.78 is 4.28. The summed E-state index contributed by atoms with van der Waals surface area (Å²) in [4.78, 5) is 23.2. The lowest BCUT2D eigenvalue weighted by Crippen LogP contribution is -2.37. The van der Waals surface area contributed by atoms with Crippen molar-refractivity contribution in [1.29, 1.82) is 0 Å². The first-order chi connectivity index (χ1) is 5.67. The smallest absolute Gasteiger partial charge is 0.396 e. The van der Waals surface area contributed by atoms with Gasteiger partial charge in [-0.25, -0.2) is 4.79 Å².